The number of anilines is 1. The van der Waals surface area contributed by atoms with Crippen LogP contribution in [0.25, 0.3) is 6.20 Å². The molecule has 0 radical (unpaired) electrons. The number of amides is 1. The van der Waals surface area contributed by atoms with E-state index < -0.39 is 0 Å². The van der Waals surface area contributed by atoms with Crippen molar-refractivity contribution in [1.82, 2.24) is 4.57 Å². The van der Waals surface area contributed by atoms with Gasteiger partial charge < -0.3 is 9.88 Å². The predicted molar refractivity (Wildman–Crippen MR) is 47.8 cm³/mol. The van der Waals surface area contributed by atoms with Crippen LogP contribution in [0.1, 0.15) is 12.1 Å². The molecule has 0 aromatic carbocycles. The number of carbonyl (C=O) groups excluding carboxylic acids is 1. The van der Waals surface area contributed by atoms with Crippen molar-refractivity contribution >= 4 is 18.3 Å². The summed E-state index contributed by atoms with van der Waals surface area (Å²) in [6.07, 6.45) is 8.87. The first-order valence-electron chi connectivity index (χ1n) is 3.98. The molecule has 0 unspecified atom stereocenters. The van der Waals surface area contributed by atoms with Crippen LogP contribution in [0.5, 0.6) is 0 Å². The fourth-order valence-electron chi connectivity index (χ4n) is 1.49. The molecule has 0 atom stereocenters. The van der Waals surface area contributed by atoms with Crippen LogP contribution in [0.4, 0.5) is 5.69 Å². The Bertz CT molecular complexity index is 325. The van der Waals surface area contributed by atoms with E-state index in [2.05, 4.69) is 11.4 Å². The fourth-order valence-corrected chi connectivity index (χ4v) is 1.49. The van der Waals surface area contributed by atoms with Gasteiger partial charge in [0, 0.05) is 18.1 Å². The number of hydrogen-bond acceptors (Lipinski definition) is 1. The number of allylic oxidation sites excluding steroid dienone is 1. The highest BCUT2D eigenvalue weighted by molar-refractivity contribution is 5.73. The topological polar surface area (TPSA) is 34.0 Å². The average Bonchev–Trinajstić information content (AvgIpc) is 2.50. The fraction of sp³-hybridized carbons (Fsp3) is 0.222. The molecule has 0 saturated carbocycles. The number of nitrogens with zero attached hydrogens (tertiary/aromatic N) is 1. The van der Waals surface area contributed by atoms with Crippen molar-refractivity contribution in [3.63, 3.8) is 0 Å². The van der Waals surface area contributed by atoms with Gasteiger partial charge in [-0.05, 0) is 18.9 Å². The summed E-state index contributed by atoms with van der Waals surface area (Å²) in [5.41, 5.74) is 2.11. The first kappa shape index (κ1) is 7.16. The SMILES string of the molecule is O=CNc1ccn2c1CCC=C2. The van der Waals surface area contributed by atoms with E-state index in [1.165, 1.54) is 5.69 Å². The summed E-state index contributed by atoms with van der Waals surface area (Å²) >= 11 is 0. The maximum Gasteiger partial charge on any atom is 0.211 e. The Morgan fingerprint density at radius 3 is 3.33 bits per heavy atom. The van der Waals surface area contributed by atoms with Gasteiger partial charge in [-0.25, -0.2) is 0 Å². The molecule has 0 aliphatic carbocycles. The Balaban J connectivity index is 2.39. The summed E-state index contributed by atoms with van der Waals surface area (Å²) in [5.74, 6) is 0. The van der Waals surface area contributed by atoms with Gasteiger partial charge in [0.2, 0.25) is 6.41 Å². The highest BCUT2D eigenvalue weighted by atomic mass is 16.1. The van der Waals surface area contributed by atoms with Crippen LogP contribution in [0, 0.1) is 0 Å². The van der Waals surface area contributed by atoms with Gasteiger partial charge in [-0.15, -0.1) is 0 Å². The van der Waals surface area contributed by atoms with Crippen LogP contribution in [0.15, 0.2) is 18.3 Å². The number of rotatable bonds is 2. The highest BCUT2D eigenvalue weighted by Crippen LogP contribution is 2.21. The van der Waals surface area contributed by atoms with Gasteiger partial charge in [0.1, 0.15) is 0 Å². The monoisotopic (exact) mass is 162 g/mol. The molecule has 2 rings (SSSR count). The standard InChI is InChI=1S/C9H10N2O/c12-7-10-8-4-6-11-5-2-1-3-9(8)11/h2,4-7H,1,3H2,(H,10,12). The van der Waals surface area contributed by atoms with Crippen molar-refractivity contribution in [1.29, 1.82) is 0 Å². The number of hydrogen-bond donors (Lipinski definition) is 1. The van der Waals surface area contributed by atoms with E-state index >= 15 is 0 Å². The Morgan fingerprint density at radius 2 is 2.50 bits per heavy atom. The molecule has 1 aromatic heterocycles. The van der Waals surface area contributed by atoms with E-state index in [1.54, 1.807) is 0 Å². The highest BCUT2D eigenvalue weighted by Gasteiger charge is 2.08. The minimum absolute atomic E-state index is 0.717. The molecular formula is C9H10N2O. The molecular weight excluding hydrogens is 152 g/mol. The van der Waals surface area contributed by atoms with Crippen molar-refractivity contribution < 1.29 is 4.79 Å². The molecule has 1 N–H and O–H groups in total. The molecule has 3 heteroatoms. The summed E-state index contributed by atoms with van der Waals surface area (Å²) in [5, 5.41) is 2.68. The van der Waals surface area contributed by atoms with Crippen molar-refractivity contribution in [2.24, 2.45) is 0 Å². The van der Waals surface area contributed by atoms with Gasteiger partial charge in [0.05, 0.1) is 5.69 Å². The van der Waals surface area contributed by atoms with Crippen LogP contribution in [0.3, 0.4) is 0 Å². The third kappa shape index (κ3) is 1.03. The third-order valence-electron chi connectivity index (χ3n) is 2.05. The Hall–Kier alpha value is -1.51. The van der Waals surface area contributed by atoms with E-state index in [9.17, 15) is 4.79 Å². The van der Waals surface area contributed by atoms with Crippen LogP contribution in [-0.4, -0.2) is 11.0 Å². The number of carbonyl (C=O) groups is 1. The molecule has 3 nitrogen and oxygen atoms in total. The molecule has 0 spiro atoms. The van der Waals surface area contributed by atoms with Gasteiger partial charge in [-0.2, -0.15) is 0 Å². The van der Waals surface area contributed by atoms with Crippen molar-refractivity contribution in [3.8, 4) is 0 Å². The zero-order chi connectivity index (χ0) is 8.39. The zero-order valence-corrected chi connectivity index (χ0v) is 6.66. The lowest BCUT2D eigenvalue weighted by molar-refractivity contribution is -0.105. The number of fused-ring (bicyclic) bond motifs is 1. The Kier molecular flexibility index (Phi) is 1.70. The molecule has 1 aliphatic rings. The molecule has 62 valence electrons. The third-order valence-corrected chi connectivity index (χ3v) is 2.05. The molecule has 12 heavy (non-hydrogen) atoms. The summed E-state index contributed by atoms with van der Waals surface area (Å²) in [6.45, 7) is 0. The van der Waals surface area contributed by atoms with E-state index in [1.807, 2.05) is 23.0 Å². The van der Waals surface area contributed by atoms with Crippen LogP contribution < -0.4 is 5.32 Å². The lowest BCUT2D eigenvalue weighted by Gasteiger charge is -2.09. The lowest BCUT2D eigenvalue weighted by atomic mass is 10.2. The van der Waals surface area contributed by atoms with Gasteiger partial charge >= 0.3 is 0 Å². The Morgan fingerprint density at radius 1 is 1.58 bits per heavy atom. The van der Waals surface area contributed by atoms with Crippen LogP contribution in [-0.2, 0) is 11.2 Å². The summed E-state index contributed by atoms with van der Waals surface area (Å²) in [7, 11) is 0. The predicted octanol–water partition coefficient (Wildman–Crippen LogP) is 1.47. The maximum absolute atomic E-state index is 10.2. The van der Waals surface area contributed by atoms with Gasteiger partial charge in [0.25, 0.3) is 0 Å². The first-order valence-corrected chi connectivity index (χ1v) is 3.98. The van der Waals surface area contributed by atoms with Crippen molar-refractivity contribution in [3.05, 3.63) is 24.0 Å². The molecule has 0 bridgehead atoms. The number of aromatic nitrogens is 1. The quantitative estimate of drug-likeness (QED) is 0.656. The first-order chi connectivity index (χ1) is 5.92. The number of nitrogens with one attached hydrogen (secondary N) is 1. The van der Waals surface area contributed by atoms with Crippen LogP contribution in [0.2, 0.25) is 0 Å². The second-order valence-corrected chi connectivity index (χ2v) is 2.77. The smallest absolute Gasteiger partial charge is 0.211 e. The largest absolute Gasteiger partial charge is 0.327 e. The second kappa shape index (κ2) is 2.85. The van der Waals surface area contributed by atoms with Gasteiger partial charge in [-0.3, -0.25) is 4.79 Å². The lowest BCUT2D eigenvalue weighted by Crippen LogP contribution is -2.03. The van der Waals surface area contributed by atoms with E-state index in [0.717, 1.165) is 18.5 Å². The zero-order valence-electron chi connectivity index (χ0n) is 6.66. The molecule has 1 aromatic rings. The van der Waals surface area contributed by atoms with E-state index in [4.69, 9.17) is 0 Å². The second-order valence-electron chi connectivity index (χ2n) is 2.77. The van der Waals surface area contributed by atoms with Gasteiger partial charge in [0.15, 0.2) is 0 Å². The summed E-state index contributed by atoms with van der Waals surface area (Å²) < 4.78 is 2.04. The van der Waals surface area contributed by atoms with Crippen molar-refractivity contribution in [2.75, 3.05) is 5.32 Å². The molecule has 1 amide bonds. The van der Waals surface area contributed by atoms with E-state index in [-0.39, 0.29) is 0 Å². The van der Waals surface area contributed by atoms with Crippen LogP contribution >= 0.6 is 0 Å². The van der Waals surface area contributed by atoms with E-state index in [0.29, 0.717) is 6.41 Å². The molecule has 0 fully saturated rings. The molecule has 0 saturated heterocycles. The molecule has 1 aliphatic heterocycles. The summed E-state index contributed by atoms with van der Waals surface area (Å²) in [6, 6.07) is 1.92. The Labute approximate surface area is 70.7 Å². The minimum Gasteiger partial charge on any atom is -0.327 e. The van der Waals surface area contributed by atoms with Crippen molar-refractivity contribution in [2.45, 2.75) is 12.8 Å². The van der Waals surface area contributed by atoms with Gasteiger partial charge in [-0.1, -0.05) is 6.08 Å². The summed E-state index contributed by atoms with van der Waals surface area (Å²) in [4.78, 5) is 10.2. The minimum atomic E-state index is 0.717. The average molecular weight is 162 g/mol. The molecule has 2 heterocycles. The normalized spacial score (nSPS) is 14.0. The maximum atomic E-state index is 10.2.